The normalized spacial score (nSPS) is 15.7. The first kappa shape index (κ1) is 24.8. The van der Waals surface area contributed by atoms with E-state index in [4.69, 9.17) is 0 Å². The molecule has 2 aliphatic rings. The predicted molar refractivity (Wildman–Crippen MR) is 150 cm³/mol. The highest BCUT2D eigenvalue weighted by Crippen LogP contribution is 2.34. The predicted octanol–water partition coefficient (Wildman–Crippen LogP) is 6.39. The molecule has 0 bridgehead atoms. The van der Waals surface area contributed by atoms with Crippen molar-refractivity contribution >= 4 is 11.6 Å². The number of aromatic nitrogens is 2. The van der Waals surface area contributed by atoms with Crippen LogP contribution in [0.4, 0.5) is 5.69 Å². The van der Waals surface area contributed by atoms with E-state index >= 15 is 0 Å². The summed E-state index contributed by atoms with van der Waals surface area (Å²) in [4.78, 5) is 26.5. The lowest BCUT2D eigenvalue weighted by atomic mass is 10.0. The molecule has 1 fully saturated rings. The Hall–Kier alpha value is -3.83. The highest BCUT2D eigenvalue weighted by molar-refractivity contribution is 6.01. The van der Waals surface area contributed by atoms with Crippen molar-refractivity contribution in [3.05, 3.63) is 102 Å². The SMILES string of the molecule is CC.O=C1Cc2ccccc2N1C1CCN(Cc2ccc(-c3nccnc3-c3ccccc3)cc2)CC1. The molecule has 4 aromatic rings. The fourth-order valence-electron chi connectivity index (χ4n) is 5.40. The van der Waals surface area contributed by atoms with E-state index in [1.165, 1.54) is 11.1 Å². The highest BCUT2D eigenvalue weighted by atomic mass is 16.2. The van der Waals surface area contributed by atoms with Crippen molar-refractivity contribution in [1.29, 1.82) is 0 Å². The molecule has 5 nitrogen and oxygen atoms in total. The molecule has 5 heteroatoms. The van der Waals surface area contributed by atoms with Gasteiger partial charge < -0.3 is 4.90 Å². The standard InChI is InChI=1S/C30H28N4O.C2H6/c35-28-20-25-8-4-5-9-27(25)34(28)26-14-18-33(19-15-26)21-22-10-12-24(13-11-22)30-29(31-16-17-32-30)23-6-2-1-3-7-23;1-2/h1-13,16-17,26H,14-15,18-21H2;1-2H3. The molecule has 0 atom stereocenters. The van der Waals surface area contributed by atoms with Crippen LogP contribution in [0.2, 0.25) is 0 Å². The molecule has 37 heavy (non-hydrogen) atoms. The van der Waals surface area contributed by atoms with E-state index in [0.717, 1.165) is 60.7 Å². The average molecular weight is 491 g/mol. The zero-order valence-corrected chi connectivity index (χ0v) is 21.7. The third-order valence-electron chi connectivity index (χ3n) is 7.16. The minimum Gasteiger partial charge on any atom is -0.309 e. The smallest absolute Gasteiger partial charge is 0.231 e. The van der Waals surface area contributed by atoms with Gasteiger partial charge in [0.05, 0.1) is 17.8 Å². The lowest BCUT2D eigenvalue weighted by Gasteiger charge is -2.37. The lowest BCUT2D eigenvalue weighted by molar-refractivity contribution is -0.118. The van der Waals surface area contributed by atoms with Gasteiger partial charge in [-0.25, -0.2) is 0 Å². The molecule has 1 saturated heterocycles. The summed E-state index contributed by atoms with van der Waals surface area (Å²) >= 11 is 0. The van der Waals surface area contributed by atoms with Crippen LogP contribution in [0, 0.1) is 0 Å². The third-order valence-corrected chi connectivity index (χ3v) is 7.16. The zero-order valence-electron chi connectivity index (χ0n) is 21.7. The van der Waals surface area contributed by atoms with E-state index in [1.54, 1.807) is 12.4 Å². The maximum atomic E-state index is 12.7. The van der Waals surface area contributed by atoms with Crippen molar-refractivity contribution in [2.24, 2.45) is 0 Å². The van der Waals surface area contributed by atoms with Gasteiger partial charge in [-0.05, 0) is 30.0 Å². The first-order chi connectivity index (χ1) is 18.3. The number of anilines is 1. The quantitative estimate of drug-likeness (QED) is 0.325. The monoisotopic (exact) mass is 490 g/mol. The maximum Gasteiger partial charge on any atom is 0.231 e. The van der Waals surface area contributed by atoms with Crippen LogP contribution in [0.3, 0.4) is 0 Å². The second kappa shape index (κ2) is 11.5. The number of piperidine rings is 1. The first-order valence-electron chi connectivity index (χ1n) is 13.3. The van der Waals surface area contributed by atoms with Gasteiger partial charge >= 0.3 is 0 Å². The van der Waals surface area contributed by atoms with E-state index in [1.807, 2.05) is 44.2 Å². The molecule has 6 rings (SSSR count). The minimum atomic E-state index is 0.249. The van der Waals surface area contributed by atoms with Crippen molar-refractivity contribution in [3.8, 4) is 22.5 Å². The van der Waals surface area contributed by atoms with Crippen LogP contribution in [0.5, 0.6) is 0 Å². The Morgan fingerprint density at radius 3 is 2.03 bits per heavy atom. The molecule has 3 aromatic carbocycles. The van der Waals surface area contributed by atoms with Crippen molar-refractivity contribution in [2.75, 3.05) is 18.0 Å². The summed E-state index contributed by atoms with van der Waals surface area (Å²) in [6, 6.07) is 27.4. The maximum absolute atomic E-state index is 12.7. The van der Waals surface area contributed by atoms with E-state index in [2.05, 4.69) is 68.3 Å². The molecule has 1 amide bonds. The number of nitrogens with zero attached hydrogens (tertiary/aromatic N) is 4. The lowest BCUT2D eigenvalue weighted by Crippen LogP contribution is -2.46. The van der Waals surface area contributed by atoms with Gasteiger partial charge in [0.25, 0.3) is 0 Å². The van der Waals surface area contributed by atoms with Crippen LogP contribution in [0.1, 0.15) is 37.8 Å². The second-order valence-electron chi connectivity index (χ2n) is 9.39. The van der Waals surface area contributed by atoms with Gasteiger partial charge in [0.15, 0.2) is 0 Å². The van der Waals surface area contributed by atoms with Gasteiger partial charge in [0.1, 0.15) is 0 Å². The molecular formula is C32H34N4O. The number of amides is 1. The first-order valence-corrected chi connectivity index (χ1v) is 13.3. The van der Waals surface area contributed by atoms with Crippen molar-refractivity contribution in [1.82, 2.24) is 14.9 Å². The van der Waals surface area contributed by atoms with Crippen molar-refractivity contribution in [2.45, 2.75) is 45.7 Å². The number of benzene rings is 3. The Morgan fingerprint density at radius 2 is 1.35 bits per heavy atom. The Balaban J connectivity index is 0.00000137. The molecule has 0 aliphatic carbocycles. The molecule has 0 N–H and O–H groups in total. The molecular weight excluding hydrogens is 456 g/mol. The van der Waals surface area contributed by atoms with Gasteiger partial charge in [-0.15, -0.1) is 0 Å². The Bertz CT molecular complexity index is 1330. The largest absolute Gasteiger partial charge is 0.309 e. The average Bonchev–Trinajstić information content (AvgIpc) is 3.31. The van der Waals surface area contributed by atoms with Gasteiger partial charge in [0.2, 0.25) is 5.91 Å². The summed E-state index contributed by atoms with van der Waals surface area (Å²) in [5.74, 6) is 0.249. The van der Waals surface area contributed by atoms with Crippen LogP contribution in [0.15, 0.2) is 91.3 Å². The van der Waals surface area contributed by atoms with E-state index in [9.17, 15) is 4.79 Å². The van der Waals surface area contributed by atoms with Crippen LogP contribution in [-0.4, -0.2) is 39.9 Å². The van der Waals surface area contributed by atoms with Gasteiger partial charge in [0, 0.05) is 54.9 Å². The molecule has 0 radical (unpaired) electrons. The topological polar surface area (TPSA) is 49.3 Å². The number of hydrogen-bond acceptors (Lipinski definition) is 4. The summed E-state index contributed by atoms with van der Waals surface area (Å²) in [7, 11) is 0. The Labute approximate surface area is 219 Å². The summed E-state index contributed by atoms with van der Waals surface area (Å²) < 4.78 is 0. The summed E-state index contributed by atoms with van der Waals surface area (Å²) in [6.45, 7) is 6.92. The minimum absolute atomic E-state index is 0.249. The summed E-state index contributed by atoms with van der Waals surface area (Å²) in [5, 5.41) is 0. The fraction of sp³-hybridized carbons (Fsp3) is 0.281. The highest BCUT2D eigenvalue weighted by Gasteiger charge is 2.34. The van der Waals surface area contributed by atoms with Crippen molar-refractivity contribution < 1.29 is 4.79 Å². The van der Waals surface area contributed by atoms with E-state index < -0.39 is 0 Å². The number of para-hydroxylation sites is 1. The molecule has 188 valence electrons. The van der Waals surface area contributed by atoms with Gasteiger partial charge in [-0.1, -0.05) is 86.6 Å². The Kier molecular flexibility index (Phi) is 7.71. The van der Waals surface area contributed by atoms with Crippen LogP contribution in [-0.2, 0) is 17.8 Å². The number of likely N-dealkylation sites (tertiary alicyclic amines) is 1. The summed E-state index contributed by atoms with van der Waals surface area (Å²) in [6.07, 6.45) is 6.07. The van der Waals surface area contributed by atoms with Crippen molar-refractivity contribution in [3.63, 3.8) is 0 Å². The van der Waals surface area contributed by atoms with Crippen LogP contribution >= 0.6 is 0 Å². The van der Waals surface area contributed by atoms with E-state index in [0.29, 0.717) is 12.5 Å². The fourth-order valence-corrected chi connectivity index (χ4v) is 5.40. The van der Waals surface area contributed by atoms with Gasteiger partial charge in [-0.3, -0.25) is 19.7 Å². The second-order valence-corrected chi connectivity index (χ2v) is 9.39. The summed E-state index contributed by atoms with van der Waals surface area (Å²) in [5.41, 5.74) is 7.53. The van der Waals surface area contributed by atoms with Crippen LogP contribution in [0.25, 0.3) is 22.5 Å². The molecule has 2 aliphatic heterocycles. The van der Waals surface area contributed by atoms with Crippen LogP contribution < -0.4 is 4.90 Å². The number of carbonyl (C=O) groups is 1. The molecule has 3 heterocycles. The molecule has 0 unspecified atom stereocenters. The number of fused-ring (bicyclic) bond motifs is 1. The molecule has 0 saturated carbocycles. The molecule has 1 aromatic heterocycles. The third kappa shape index (κ3) is 5.32. The Morgan fingerprint density at radius 1 is 0.757 bits per heavy atom. The molecule has 0 spiro atoms. The van der Waals surface area contributed by atoms with Gasteiger partial charge in [-0.2, -0.15) is 0 Å². The zero-order chi connectivity index (χ0) is 25.6. The van der Waals surface area contributed by atoms with E-state index in [-0.39, 0.29) is 5.91 Å². The number of hydrogen-bond donors (Lipinski definition) is 0. The number of rotatable bonds is 5. The number of carbonyl (C=O) groups excluding carboxylic acids is 1.